The first-order chi connectivity index (χ1) is 14.8. The summed E-state index contributed by atoms with van der Waals surface area (Å²) in [5.41, 5.74) is 13.7. The van der Waals surface area contributed by atoms with Crippen LogP contribution in [-0.2, 0) is 4.79 Å². The van der Waals surface area contributed by atoms with E-state index in [0.29, 0.717) is 16.4 Å². The number of aliphatic imine (C=N–C) groups is 1. The summed E-state index contributed by atoms with van der Waals surface area (Å²) in [4.78, 5) is 33.0. The summed E-state index contributed by atoms with van der Waals surface area (Å²) < 4.78 is 0. The Bertz CT molecular complexity index is 1110. The SMILES string of the molecule is Cc1nc(N=C(N)N)sc1-c1cccc(NC(=O)NC(CC(=O)O)c2ccccc2)c1. The predicted octanol–water partition coefficient (Wildman–Crippen LogP) is 3.36. The van der Waals surface area contributed by atoms with Crippen molar-refractivity contribution in [1.82, 2.24) is 10.3 Å². The highest BCUT2D eigenvalue weighted by Crippen LogP contribution is 2.35. The number of aryl methyl sites for hydroxylation is 1. The fourth-order valence-electron chi connectivity index (χ4n) is 2.98. The smallest absolute Gasteiger partial charge is 0.319 e. The van der Waals surface area contributed by atoms with Gasteiger partial charge in [-0.15, -0.1) is 0 Å². The normalized spacial score (nSPS) is 11.4. The maximum absolute atomic E-state index is 12.5. The maximum atomic E-state index is 12.5. The molecule has 1 aromatic heterocycles. The van der Waals surface area contributed by atoms with Crippen LogP contribution in [0.2, 0.25) is 0 Å². The third-order valence-corrected chi connectivity index (χ3v) is 5.38. The number of carboxylic acids is 1. The van der Waals surface area contributed by atoms with Gasteiger partial charge in [0.1, 0.15) is 0 Å². The minimum absolute atomic E-state index is 0.0679. The monoisotopic (exact) mass is 438 g/mol. The zero-order chi connectivity index (χ0) is 22.4. The van der Waals surface area contributed by atoms with Crippen LogP contribution >= 0.6 is 11.3 Å². The van der Waals surface area contributed by atoms with E-state index < -0.39 is 18.0 Å². The average Bonchev–Trinajstić information content (AvgIpc) is 3.07. The van der Waals surface area contributed by atoms with E-state index in [-0.39, 0.29) is 12.4 Å². The Labute approximate surface area is 182 Å². The minimum atomic E-state index is -1.01. The highest BCUT2D eigenvalue weighted by molar-refractivity contribution is 7.18. The number of aromatic nitrogens is 1. The quantitative estimate of drug-likeness (QED) is 0.281. The van der Waals surface area contributed by atoms with Gasteiger partial charge < -0.3 is 27.2 Å². The molecule has 31 heavy (non-hydrogen) atoms. The van der Waals surface area contributed by atoms with Gasteiger partial charge in [-0.3, -0.25) is 4.79 Å². The van der Waals surface area contributed by atoms with Gasteiger partial charge in [-0.2, -0.15) is 4.99 Å². The van der Waals surface area contributed by atoms with Gasteiger partial charge in [-0.1, -0.05) is 53.8 Å². The van der Waals surface area contributed by atoms with Crippen molar-refractivity contribution in [2.45, 2.75) is 19.4 Å². The second-order valence-corrected chi connectivity index (χ2v) is 7.67. The molecular formula is C21H22N6O3S. The number of carboxylic acid groups (broad SMARTS) is 1. The van der Waals surface area contributed by atoms with Crippen molar-refractivity contribution in [1.29, 1.82) is 0 Å². The molecule has 2 amide bonds. The molecule has 3 rings (SSSR count). The zero-order valence-electron chi connectivity index (χ0n) is 16.7. The number of carbonyl (C=O) groups excluding carboxylic acids is 1. The number of urea groups is 1. The standard InChI is InChI=1S/C21H22N6O3S/c1-12-18(31-21(24-12)27-19(22)23)14-8-5-9-15(10-14)25-20(30)26-16(11-17(28)29)13-6-3-2-4-7-13/h2-10,16H,11H2,1H3,(H,28,29)(H2,25,26,30)(H4,22,23,24,27). The number of rotatable bonds is 7. The summed E-state index contributed by atoms with van der Waals surface area (Å²) in [6.07, 6.45) is -0.231. The Balaban J connectivity index is 1.76. The lowest BCUT2D eigenvalue weighted by molar-refractivity contribution is -0.137. The van der Waals surface area contributed by atoms with Crippen molar-refractivity contribution >= 4 is 40.1 Å². The average molecular weight is 439 g/mol. The van der Waals surface area contributed by atoms with Gasteiger partial charge in [0.05, 0.1) is 23.0 Å². The third-order valence-electron chi connectivity index (χ3n) is 4.28. The Morgan fingerprint density at radius 3 is 2.58 bits per heavy atom. The highest BCUT2D eigenvalue weighted by atomic mass is 32.1. The van der Waals surface area contributed by atoms with Crippen molar-refractivity contribution in [2.24, 2.45) is 16.5 Å². The van der Waals surface area contributed by atoms with E-state index in [0.717, 1.165) is 16.1 Å². The van der Waals surface area contributed by atoms with Crippen LogP contribution in [0.4, 0.5) is 15.6 Å². The topological polar surface area (TPSA) is 156 Å². The minimum Gasteiger partial charge on any atom is -0.481 e. The Hall–Kier alpha value is -3.92. The number of aliphatic carboxylic acids is 1. The van der Waals surface area contributed by atoms with Crippen LogP contribution in [0.1, 0.15) is 23.7 Å². The van der Waals surface area contributed by atoms with Crippen molar-refractivity contribution in [3.05, 3.63) is 65.9 Å². The molecular weight excluding hydrogens is 416 g/mol. The number of nitrogens with one attached hydrogen (secondary N) is 2. The lowest BCUT2D eigenvalue weighted by atomic mass is 10.0. The lowest BCUT2D eigenvalue weighted by Gasteiger charge is -2.18. The summed E-state index contributed by atoms with van der Waals surface area (Å²) in [6.45, 7) is 1.85. The highest BCUT2D eigenvalue weighted by Gasteiger charge is 2.18. The number of carbonyl (C=O) groups is 2. The summed E-state index contributed by atoms with van der Waals surface area (Å²) in [7, 11) is 0. The fourth-order valence-corrected chi connectivity index (χ4v) is 3.94. The molecule has 1 heterocycles. The second-order valence-electron chi connectivity index (χ2n) is 6.69. The second kappa shape index (κ2) is 9.72. The molecule has 1 atom stereocenters. The molecule has 1 unspecified atom stereocenters. The first-order valence-corrected chi connectivity index (χ1v) is 10.1. The van der Waals surface area contributed by atoms with Crippen molar-refractivity contribution in [3.8, 4) is 10.4 Å². The van der Waals surface area contributed by atoms with Gasteiger partial charge in [-0.25, -0.2) is 9.78 Å². The van der Waals surface area contributed by atoms with E-state index in [1.165, 1.54) is 11.3 Å². The molecule has 0 aliphatic rings. The van der Waals surface area contributed by atoms with Crippen LogP contribution in [0.25, 0.3) is 10.4 Å². The van der Waals surface area contributed by atoms with Crippen molar-refractivity contribution < 1.29 is 14.7 Å². The molecule has 160 valence electrons. The van der Waals surface area contributed by atoms with E-state index in [4.69, 9.17) is 11.5 Å². The van der Waals surface area contributed by atoms with Gasteiger partial charge >= 0.3 is 12.0 Å². The van der Waals surface area contributed by atoms with Crippen LogP contribution in [0.5, 0.6) is 0 Å². The molecule has 3 aromatic rings. The summed E-state index contributed by atoms with van der Waals surface area (Å²) in [5, 5.41) is 15.1. The molecule has 10 heteroatoms. The van der Waals surface area contributed by atoms with E-state index in [1.807, 2.05) is 19.1 Å². The van der Waals surface area contributed by atoms with Gasteiger partial charge in [0.2, 0.25) is 5.13 Å². The molecule has 0 radical (unpaired) electrons. The van der Waals surface area contributed by atoms with Gasteiger partial charge in [-0.05, 0) is 30.2 Å². The zero-order valence-corrected chi connectivity index (χ0v) is 17.5. The van der Waals surface area contributed by atoms with E-state index in [9.17, 15) is 14.7 Å². The lowest BCUT2D eigenvalue weighted by Crippen LogP contribution is -2.33. The molecule has 0 fully saturated rings. The fraction of sp³-hybridized carbons (Fsp3) is 0.143. The number of guanidine groups is 1. The Morgan fingerprint density at radius 1 is 1.16 bits per heavy atom. The number of thiazole rings is 1. The number of nitrogens with two attached hydrogens (primary N) is 2. The number of benzene rings is 2. The molecule has 0 saturated heterocycles. The van der Waals surface area contributed by atoms with Crippen LogP contribution in [-0.4, -0.2) is 28.1 Å². The molecule has 0 spiro atoms. The third kappa shape index (κ3) is 6.03. The first-order valence-electron chi connectivity index (χ1n) is 9.33. The van der Waals surface area contributed by atoms with Crippen LogP contribution in [0.3, 0.4) is 0 Å². The van der Waals surface area contributed by atoms with Gasteiger partial charge in [0, 0.05) is 5.69 Å². The van der Waals surface area contributed by atoms with E-state index in [2.05, 4.69) is 20.6 Å². The largest absolute Gasteiger partial charge is 0.481 e. The number of amides is 2. The van der Waals surface area contributed by atoms with Gasteiger partial charge in [0.25, 0.3) is 0 Å². The number of nitrogens with zero attached hydrogens (tertiary/aromatic N) is 2. The summed E-state index contributed by atoms with van der Waals surface area (Å²) >= 11 is 1.33. The number of anilines is 1. The van der Waals surface area contributed by atoms with Crippen LogP contribution in [0, 0.1) is 6.92 Å². The molecule has 0 aliphatic carbocycles. The first kappa shape index (κ1) is 21.8. The van der Waals surface area contributed by atoms with E-state index >= 15 is 0 Å². The summed E-state index contributed by atoms with van der Waals surface area (Å²) in [6, 6.07) is 15.0. The molecule has 0 bridgehead atoms. The van der Waals surface area contributed by atoms with Crippen LogP contribution in [0.15, 0.2) is 59.6 Å². The Kier molecular flexibility index (Phi) is 6.83. The maximum Gasteiger partial charge on any atom is 0.319 e. The number of hydrogen-bond donors (Lipinski definition) is 5. The van der Waals surface area contributed by atoms with Crippen LogP contribution < -0.4 is 22.1 Å². The van der Waals surface area contributed by atoms with E-state index in [1.54, 1.807) is 42.5 Å². The Morgan fingerprint density at radius 2 is 1.90 bits per heavy atom. The molecule has 0 saturated carbocycles. The predicted molar refractivity (Wildman–Crippen MR) is 121 cm³/mol. The van der Waals surface area contributed by atoms with Gasteiger partial charge in [0.15, 0.2) is 5.96 Å². The summed E-state index contributed by atoms with van der Waals surface area (Å²) in [5.74, 6) is -1.07. The molecule has 9 nitrogen and oxygen atoms in total. The molecule has 7 N–H and O–H groups in total. The van der Waals surface area contributed by atoms with Crippen molar-refractivity contribution in [3.63, 3.8) is 0 Å². The van der Waals surface area contributed by atoms with Crippen molar-refractivity contribution in [2.75, 3.05) is 5.32 Å². The molecule has 2 aromatic carbocycles. The molecule has 0 aliphatic heterocycles. The number of hydrogen-bond acceptors (Lipinski definition) is 5.